The van der Waals surface area contributed by atoms with Crippen molar-refractivity contribution in [1.82, 2.24) is 4.57 Å². The molecule has 2 nitrogen and oxygen atoms in total. The van der Waals surface area contributed by atoms with Gasteiger partial charge in [-0.1, -0.05) is 20.3 Å². The molecule has 0 radical (unpaired) electrons. The van der Waals surface area contributed by atoms with Gasteiger partial charge in [0.2, 0.25) is 0 Å². The summed E-state index contributed by atoms with van der Waals surface area (Å²) in [6.07, 6.45) is 2.44. The SMILES string of the molecule is CCC[C@@H](C)c1sc(=N)n(C)c1C. The molecule has 0 aliphatic carbocycles. The van der Waals surface area contributed by atoms with E-state index in [0.717, 1.165) is 0 Å². The van der Waals surface area contributed by atoms with Crippen molar-refractivity contribution in [1.29, 1.82) is 5.41 Å². The maximum atomic E-state index is 7.69. The fourth-order valence-corrected chi connectivity index (χ4v) is 2.67. The van der Waals surface area contributed by atoms with Crippen molar-refractivity contribution < 1.29 is 0 Å². The van der Waals surface area contributed by atoms with Gasteiger partial charge in [0.05, 0.1) is 0 Å². The minimum Gasteiger partial charge on any atom is -0.324 e. The molecule has 1 heterocycles. The summed E-state index contributed by atoms with van der Waals surface area (Å²) >= 11 is 1.62. The van der Waals surface area contributed by atoms with Crippen LogP contribution in [0.5, 0.6) is 0 Å². The first-order valence-corrected chi connectivity index (χ1v) is 5.60. The van der Waals surface area contributed by atoms with Gasteiger partial charge in [0, 0.05) is 17.6 Å². The topological polar surface area (TPSA) is 28.8 Å². The molecule has 0 fully saturated rings. The Morgan fingerprint density at radius 2 is 2.15 bits per heavy atom. The average molecular weight is 198 g/mol. The van der Waals surface area contributed by atoms with E-state index < -0.39 is 0 Å². The Morgan fingerprint density at radius 1 is 1.54 bits per heavy atom. The summed E-state index contributed by atoms with van der Waals surface area (Å²) in [4.78, 5) is 2.05. The molecule has 1 aromatic heterocycles. The van der Waals surface area contributed by atoms with Crippen LogP contribution in [-0.4, -0.2) is 4.57 Å². The maximum absolute atomic E-state index is 7.69. The smallest absolute Gasteiger partial charge is 0.182 e. The van der Waals surface area contributed by atoms with E-state index in [1.807, 2.05) is 11.6 Å². The van der Waals surface area contributed by atoms with Crippen LogP contribution in [0.1, 0.15) is 43.2 Å². The van der Waals surface area contributed by atoms with Crippen LogP contribution >= 0.6 is 11.3 Å². The van der Waals surface area contributed by atoms with Crippen molar-refractivity contribution in [2.45, 2.75) is 39.5 Å². The molecule has 0 spiro atoms. The van der Waals surface area contributed by atoms with Gasteiger partial charge in [0.15, 0.2) is 4.80 Å². The van der Waals surface area contributed by atoms with E-state index in [2.05, 4.69) is 20.8 Å². The van der Waals surface area contributed by atoms with E-state index in [4.69, 9.17) is 5.41 Å². The molecule has 0 saturated carbocycles. The van der Waals surface area contributed by atoms with E-state index >= 15 is 0 Å². The third-order valence-corrected chi connectivity index (χ3v) is 3.93. The second-order valence-electron chi connectivity index (χ2n) is 3.61. The van der Waals surface area contributed by atoms with Gasteiger partial charge in [-0.25, -0.2) is 0 Å². The number of nitrogens with zero attached hydrogens (tertiary/aromatic N) is 1. The summed E-state index contributed by atoms with van der Waals surface area (Å²) in [5.41, 5.74) is 1.26. The Balaban J connectivity index is 3.01. The molecule has 0 aliphatic heterocycles. The zero-order chi connectivity index (χ0) is 10.0. The summed E-state index contributed by atoms with van der Waals surface area (Å²) in [6.45, 7) is 6.57. The summed E-state index contributed by atoms with van der Waals surface area (Å²) in [7, 11) is 1.97. The molecule has 1 N–H and O–H groups in total. The van der Waals surface area contributed by atoms with Crippen molar-refractivity contribution in [2.24, 2.45) is 7.05 Å². The van der Waals surface area contributed by atoms with Crippen LogP contribution in [0, 0.1) is 12.3 Å². The Hall–Kier alpha value is -0.570. The van der Waals surface area contributed by atoms with Gasteiger partial charge in [-0.3, -0.25) is 5.41 Å². The first kappa shape index (κ1) is 10.5. The Labute approximate surface area is 83.7 Å². The van der Waals surface area contributed by atoms with Crippen LogP contribution in [0.15, 0.2) is 0 Å². The van der Waals surface area contributed by atoms with Crippen LogP contribution in [-0.2, 0) is 7.05 Å². The molecule has 0 aliphatic rings. The number of hydrogen-bond donors (Lipinski definition) is 1. The van der Waals surface area contributed by atoms with Gasteiger partial charge in [0.25, 0.3) is 0 Å². The Bertz CT molecular complexity index is 335. The third-order valence-electron chi connectivity index (χ3n) is 2.54. The molecule has 0 unspecified atom stereocenters. The van der Waals surface area contributed by atoms with Crippen molar-refractivity contribution >= 4 is 11.3 Å². The predicted octanol–water partition coefficient (Wildman–Crippen LogP) is 2.78. The minimum absolute atomic E-state index is 0.611. The normalized spacial score (nSPS) is 13.2. The van der Waals surface area contributed by atoms with Crippen molar-refractivity contribution in [3.05, 3.63) is 15.4 Å². The number of hydrogen-bond acceptors (Lipinski definition) is 2. The van der Waals surface area contributed by atoms with Gasteiger partial charge in [-0.15, -0.1) is 11.3 Å². The van der Waals surface area contributed by atoms with Crippen LogP contribution in [0.4, 0.5) is 0 Å². The number of thiazole rings is 1. The molecule has 3 heteroatoms. The molecule has 0 bridgehead atoms. The summed E-state index contributed by atoms with van der Waals surface area (Å²) in [5.74, 6) is 0.611. The largest absolute Gasteiger partial charge is 0.324 e. The first-order valence-electron chi connectivity index (χ1n) is 4.78. The number of aromatic nitrogens is 1. The minimum atomic E-state index is 0.611. The molecule has 1 atom stereocenters. The van der Waals surface area contributed by atoms with Gasteiger partial charge in [-0.2, -0.15) is 0 Å². The molecule has 0 amide bonds. The summed E-state index contributed by atoms with van der Waals surface area (Å²) in [5, 5.41) is 7.69. The summed E-state index contributed by atoms with van der Waals surface area (Å²) < 4.78 is 1.96. The number of rotatable bonds is 3. The molecule has 74 valence electrons. The molecule has 1 rings (SSSR count). The lowest BCUT2D eigenvalue weighted by atomic mass is 10.0. The second-order valence-corrected chi connectivity index (χ2v) is 4.64. The lowest BCUT2D eigenvalue weighted by molar-refractivity contribution is 0.663. The zero-order valence-electron chi connectivity index (χ0n) is 8.85. The van der Waals surface area contributed by atoms with Crippen LogP contribution < -0.4 is 4.80 Å². The van der Waals surface area contributed by atoms with Crippen molar-refractivity contribution in [2.75, 3.05) is 0 Å². The highest BCUT2D eigenvalue weighted by Gasteiger charge is 2.12. The number of nitrogens with one attached hydrogen (secondary N) is 1. The van der Waals surface area contributed by atoms with E-state index in [-0.39, 0.29) is 0 Å². The van der Waals surface area contributed by atoms with Crippen LogP contribution in [0.3, 0.4) is 0 Å². The fourth-order valence-electron chi connectivity index (χ4n) is 1.59. The lowest BCUT2D eigenvalue weighted by Crippen LogP contribution is -2.08. The fraction of sp³-hybridized carbons (Fsp3) is 0.700. The predicted molar refractivity (Wildman–Crippen MR) is 57.2 cm³/mol. The van der Waals surface area contributed by atoms with Gasteiger partial charge in [-0.05, 0) is 19.3 Å². The standard InChI is InChI=1S/C10H18N2S/c1-5-6-7(2)9-8(3)12(4)10(11)13-9/h7,11H,5-6H2,1-4H3/t7-/m1/s1. The van der Waals surface area contributed by atoms with Gasteiger partial charge < -0.3 is 4.57 Å². The monoisotopic (exact) mass is 198 g/mol. The molecular formula is C10H18N2S. The summed E-state index contributed by atoms with van der Waals surface area (Å²) in [6, 6.07) is 0. The van der Waals surface area contributed by atoms with Crippen molar-refractivity contribution in [3.8, 4) is 0 Å². The molecule has 0 saturated heterocycles. The maximum Gasteiger partial charge on any atom is 0.182 e. The zero-order valence-corrected chi connectivity index (χ0v) is 9.66. The molecule has 0 aromatic carbocycles. The Morgan fingerprint density at radius 3 is 2.54 bits per heavy atom. The van der Waals surface area contributed by atoms with Crippen LogP contribution in [0.2, 0.25) is 0 Å². The van der Waals surface area contributed by atoms with Crippen molar-refractivity contribution in [3.63, 3.8) is 0 Å². The molecule has 1 aromatic rings. The highest BCUT2D eigenvalue weighted by Crippen LogP contribution is 2.25. The van der Waals surface area contributed by atoms with Gasteiger partial charge >= 0.3 is 0 Å². The van der Waals surface area contributed by atoms with Gasteiger partial charge in [0.1, 0.15) is 0 Å². The molecular weight excluding hydrogens is 180 g/mol. The van der Waals surface area contributed by atoms with E-state index in [1.54, 1.807) is 11.3 Å². The molecule has 13 heavy (non-hydrogen) atoms. The highest BCUT2D eigenvalue weighted by atomic mass is 32.1. The first-order chi connectivity index (χ1) is 6.07. The quantitative estimate of drug-likeness (QED) is 0.774. The Kier molecular flexibility index (Phi) is 3.31. The average Bonchev–Trinajstić information content (AvgIpc) is 2.33. The van der Waals surface area contributed by atoms with E-state index in [9.17, 15) is 0 Å². The van der Waals surface area contributed by atoms with E-state index in [0.29, 0.717) is 10.7 Å². The van der Waals surface area contributed by atoms with Crippen LogP contribution in [0.25, 0.3) is 0 Å². The highest BCUT2D eigenvalue weighted by molar-refractivity contribution is 7.09. The van der Waals surface area contributed by atoms with E-state index in [1.165, 1.54) is 23.4 Å². The third kappa shape index (κ3) is 2.02. The lowest BCUT2D eigenvalue weighted by Gasteiger charge is -2.08. The second kappa shape index (κ2) is 4.09.